The summed E-state index contributed by atoms with van der Waals surface area (Å²) in [5, 5.41) is 0. The number of hydrogen-bond donors (Lipinski definition) is 2. The molecule has 0 amide bonds. The maximum absolute atomic E-state index is 5.74. The topological polar surface area (TPSA) is 54.7 Å². The van der Waals surface area contributed by atoms with Crippen molar-refractivity contribution in [1.82, 2.24) is 9.97 Å². The molecule has 0 spiro atoms. The van der Waals surface area contributed by atoms with Gasteiger partial charge in [-0.15, -0.1) is 0 Å². The third-order valence-corrected chi connectivity index (χ3v) is 2.85. The fourth-order valence-corrected chi connectivity index (χ4v) is 1.99. The number of nitrogens with two attached hydrogens (primary N) is 1. The van der Waals surface area contributed by atoms with E-state index in [4.69, 9.17) is 5.73 Å². The predicted molar refractivity (Wildman–Crippen MR) is 70.7 cm³/mol. The van der Waals surface area contributed by atoms with Crippen molar-refractivity contribution < 1.29 is 0 Å². The van der Waals surface area contributed by atoms with E-state index in [1.807, 2.05) is 6.07 Å². The first-order valence-electron chi connectivity index (χ1n) is 5.97. The number of hydrogen-bond acceptors (Lipinski definition) is 2. The maximum Gasteiger partial charge on any atom is 0.137 e. The maximum atomic E-state index is 5.74. The standard InChI is InChI=1S/C14H19N3/c1-9(2)13-12(8-15)16-14(17-13)11-6-4-5-10(3)7-11/h4-7,9H,8,15H2,1-3H3,(H,16,17). The first kappa shape index (κ1) is 11.9. The van der Waals surface area contributed by atoms with E-state index < -0.39 is 0 Å². The van der Waals surface area contributed by atoms with Crippen LogP contribution in [0.2, 0.25) is 0 Å². The highest BCUT2D eigenvalue weighted by Gasteiger charge is 2.13. The molecular weight excluding hydrogens is 210 g/mol. The molecule has 0 saturated heterocycles. The lowest BCUT2D eigenvalue weighted by Crippen LogP contribution is -2.02. The summed E-state index contributed by atoms with van der Waals surface area (Å²) in [5.74, 6) is 1.31. The molecule has 0 aliphatic carbocycles. The molecule has 0 radical (unpaired) electrons. The van der Waals surface area contributed by atoms with E-state index >= 15 is 0 Å². The van der Waals surface area contributed by atoms with E-state index in [2.05, 4.69) is 48.9 Å². The van der Waals surface area contributed by atoms with Crippen LogP contribution in [-0.4, -0.2) is 9.97 Å². The molecule has 0 saturated carbocycles. The summed E-state index contributed by atoms with van der Waals surface area (Å²) >= 11 is 0. The lowest BCUT2D eigenvalue weighted by atomic mass is 10.1. The van der Waals surface area contributed by atoms with Crippen LogP contribution in [0.4, 0.5) is 0 Å². The molecule has 0 unspecified atom stereocenters. The lowest BCUT2D eigenvalue weighted by molar-refractivity contribution is 0.806. The molecule has 1 heterocycles. The average molecular weight is 229 g/mol. The Morgan fingerprint density at radius 2 is 2.12 bits per heavy atom. The van der Waals surface area contributed by atoms with E-state index in [-0.39, 0.29) is 0 Å². The zero-order valence-corrected chi connectivity index (χ0v) is 10.6. The van der Waals surface area contributed by atoms with Gasteiger partial charge in [-0.25, -0.2) is 4.98 Å². The Hall–Kier alpha value is -1.61. The zero-order valence-electron chi connectivity index (χ0n) is 10.6. The molecule has 0 atom stereocenters. The Kier molecular flexibility index (Phi) is 3.29. The largest absolute Gasteiger partial charge is 0.341 e. The number of benzene rings is 1. The summed E-state index contributed by atoms with van der Waals surface area (Å²) in [6.07, 6.45) is 0. The Labute approximate surface area is 102 Å². The van der Waals surface area contributed by atoms with E-state index in [1.54, 1.807) is 0 Å². The van der Waals surface area contributed by atoms with Gasteiger partial charge in [-0.05, 0) is 18.9 Å². The van der Waals surface area contributed by atoms with Crippen molar-refractivity contribution in [3.63, 3.8) is 0 Å². The van der Waals surface area contributed by atoms with Gasteiger partial charge in [0.25, 0.3) is 0 Å². The van der Waals surface area contributed by atoms with Gasteiger partial charge in [-0.2, -0.15) is 0 Å². The van der Waals surface area contributed by atoms with E-state index in [1.165, 1.54) is 5.56 Å². The zero-order chi connectivity index (χ0) is 12.4. The smallest absolute Gasteiger partial charge is 0.137 e. The molecular formula is C14H19N3. The van der Waals surface area contributed by atoms with Crippen LogP contribution in [0.3, 0.4) is 0 Å². The van der Waals surface area contributed by atoms with Gasteiger partial charge in [0.05, 0.1) is 11.4 Å². The Bertz CT molecular complexity index is 512. The highest BCUT2D eigenvalue weighted by molar-refractivity contribution is 5.57. The number of aromatic nitrogens is 2. The Balaban J connectivity index is 2.46. The summed E-state index contributed by atoms with van der Waals surface area (Å²) in [6, 6.07) is 8.32. The molecule has 2 rings (SSSR count). The van der Waals surface area contributed by atoms with Crippen LogP contribution in [-0.2, 0) is 6.54 Å². The van der Waals surface area contributed by atoms with Crippen molar-refractivity contribution in [3.8, 4) is 11.4 Å². The van der Waals surface area contributed by atoms with Gasteiger partial charge in [0, 0.05) is 12.1 Å². The number of H-pyrrole nitrogens is 1. The van der Waals surface area contributed by atoms with Gasteiger partial charge in [-0.1, -0.05) is 37.6 Å². The first-order chi connectivity index (χ1) is 8.11. The molecule has 3 N–H and O–H groups in total. The van der Waals surface area contributed by atoms with Crippen molar-refractivity contribution in [2.24, 2.45) is 5.73 Å². The van der Waals surface area contributed by atoms with Crippen LogP contribution in [0, 0.1) is 6.92 Å². The second kappa shape index (κ2) is 4.72. The first-order valence-corrected chi connectivity index (χ1v) is 5.97. The van der Waals surface area contributed by atoms with Gasteiger partial charge in [0.2, 0.25) is 0 Å². The molecule has 0 fully saturated rings. The highest BCUT2D eigenvalue weighted by Crippen LogP contribution is 2.23. The fraction of sp³-hybridized carbons (Fsp3) is 0.357. The molecule has 2 aromatic rings. The second-order valence-corrected chi connectivity index (χ2v) is 4.68. The molecule has 0 aliphatic rings. The SMILES string of the molecule is Cc1cccc(-c2nc(C(C)C)c(CN)[nH]2)c1. The minimum absolute atomic E-state index is 0.392. The molecule has 3 nitrogen and oxygen atoms in total. The Morgan fingerprint density at radius 3 is 2.65 bits per heavy atom. The molecule has 0 bridgehead atoms. The van der Waals surface area contributed by atoms with Crippen molar-refractivity contribution in [2.45, 2.75) is 33.2 Å². The summed E-state index contributed by atoms with van der Waals surface area (Å²) in [7, 11) is 0. The van der Waals surface area contributed by atoms with Gasteiger partial charge in [-0.3, -0.25) is 0 Å². The average Bonchev–Trinajstić information content (AvgIpc) is 2.73. The third-order valence-electron chi connectivity index (χ3n) is 2.85. The summed E-state index contributed by atoms with van der Waals surface area (Å²) in [5.41, 5.74) is 10.2. The molecule has 90 valence electrons. The highest BCUT2D eigenvalue weighted by atomic mass is 15.0. The van der Waals surface area contributed by atoms with Crippen LogP contribution >= 0.6 is 0 Å². The van der Waals surface area contributed by atoms with Crippen molar-refractivity contribution in [3.05, 3.63) is 41.2 Å². The number of imidazole rings is 1. The number of aryl methyl sites for hydroxylation is 1. The van der Waals surface area contributed by atoms with Crippen LogP contribution in [0.25, 0.3) is 11.4 Å². The number of aromatic amines is 1. The van der Waals surface area contributed by atoms with Crippen molar-refractivity contribution >= 4 is 0 Å². The molecule has 17 heavy (non-hydrogen) atoms. The van der Waals surface area contributed by atoms with Crippen LogP contribution in [0.5, 0.6) is 0 Å². The molecule has 1 aromatic heterocycles. The summed E-state index contributed by atoms with van der Waals surface area (Å²) in [6.45, 7) is 6.86. The number of nitrogens with zero attached hydrogens (tertiary/aromatic N) is 1. The minimum atomic E-state index is 0.392. The van der Waals surface area contributed by atoms with Crippen molar-refractivity contribution in [2.75, 3.05) is 0 Å². The van der Waals surface area contributed by atoms with E-state index in [0.717, 1.165) is 22.8 Å². The van der Waals surface area contributed by atoms with Crippen LogP contribution in [0.1, 0.15) is 36.7 Å². The third kappa shape index (κ3) is 2.39. The predicted octanol–water partition coefficient (Wildman–Crippen LogP) is 2.97. The van der Waals surface area contributed by atoms with E-state index in [0.29, 0.717) is 12.5 Å². The summed E-state index contributed by atoms with van der Waals surface area (Å²) in [4.78, 5) is 7.98. The van der Waals surface area contributed by atoms with Crippen molar-refractivity contribution in [1.29, 1.82) is 0 Å². The summed E-state index contributed by atoms with van der Waals surface area (Å²) < 4.78 is 0. The Morgan fingerprint density at radius 1 is 1.35 bits per heavy atom. The van der Waals surface area contributed by atoms with E-state index in [9.17, 15) is 0 Å². The number of rotatable bonds is 3. The fourth-order valence-electron chi connectivity index (χ4n) is 1.99. The van der Waals surface area contributed by atoms with Gasteiger partial charge < -0.3 is 10.7 Å². The van der Waals surface area contributed by atoms with Gasteiger partial charge in [0.1, 0.15) is 5.82 Å². The minimum Gasteiger partial charge on any atom is -0.341 e. The number of nitrogens with one attached hydrogen (secondary N) is 1. The normalized spacial score (nSPS) is 11.1. The second-order valence-electron chi connectivity index (χ2n) is 4.68. The molecule has 1 aromatic carbocycles. The monoisotopic (exact) mass is 229 g/mol. The lowest BCUT2D eigenvalue weighted by Gasteiger charge is -2.01. The molecule has 3 heteroatoms. The van der Waals surface area contributed by atoms with Gasteiger partial charge >= 0.3 is 0 Å². The van der Waals surface area contributed by atoms with Crippen LogP contribution < -0.4 is 5.73 Å². The molecule has 0 aliphatic heterocycles. The van der Waals surface area contributed by atoms with Gasteiger partial charge in [0.15, 0.2) is 0 Å². The van der Waals surface area contributed by atoms with Crippen LogP contribution in [0.15, 0.2) is 24.3 Å². The quantitative estimate of drug-likeness (QED) is 0.850.